The summed E-state index contributed by atoms with van der Waals surface area (Å²) in [4.78, 5) is 0. The maximum absolute atomic E-state index is 6.43. The van der Waals surface area contributed by atoms with Gasteiger partial charge in [-0.15, -0.1) is 0 Å². The summed E-state index contributed by atoms with van der Waals surface area (Å²) in [5, 5.41) is 1.02. The summed E-state index contributed by atoms with van der Waals surface area (Å²) in [6.07, 6.45) is 12.1. The number of hydrogen-bond acceptors (Lipinski definition) is 0. The first kappa shape index (κ1) is 11.6. The highest BCUT2D eigenvalue weighted by molar-refractivity contribution is 6.31. The Labute approximate surface area is 109 Å². The van der Waals surface area contributed by atoms with Gasteiger partial charge in [0.1, 0.15) is 0 Å². The Morgan fingerprint density at radius 2 is 1.65 bits per heavy atom. The average molecular weight is 249 g/mol. The molecule has 0 atom stereocenters. The van der Waals surface area contributed by atoms with Gasteiger partial charge >= 0.3 is 0 Å². The second kappa shape index (κ2) is 5.02. The summed E-state index contributed by atoms with van der Waals surface area (Å²) in [5.74, 6) is 0.890. The molecule has 0 heterocycles. The Morgan fingerprint density at radius 1 is 0.941 bits per heavy atom. The Balaban J connectivity index is 1.78. The molecule has 0 saturated heterocycles. The van der Waals surface area contributed by atoms with Crippen LogP contribution in [0.15, 0.2) is 12.1 Å². The quantitative estimate of drug-likeness (QED) is 0.695. The molecule has 2 aliphatic carbocycles. The lowest BCUT2D eigenvalue weighted by Gasteiger charge is -2.22. The number of halogens is 1. The van der Waals surface area contributed by atoms with E-state index in [-0.39, 0.29) is 0 Å². The van der Waals surface area contributed by atoms with Crippen LogP contribution in [-0.4, -0.2) is 0 Å². The maximum atomic E-state index is 6.43. The van der Waals surface area contributed by atoms with Crippen molar-refractivity contribution in [3.8, 4) is 0 Å². The van der Waals surface area contributed by atoms with E-state index in [0.717, 1.165) is 10.9 Å². The molecule has 0 unspecified atom stereocenters. The molecule has 0 aromatic heterocycles. The molecule has 2 aliphatic rings. The zero-order valence-electron chi connectivity index (χ0n) is 10.5. The highest BCUT2D eigenvalue weighted by Gasteiger charge is 2.18. The molecule has 92 valence electrons. The van der Waals surface area contributed by atoms with Gasteiger partial charge < -0.3 is 0 Å². The van der Waals surface area contributed by atoms with Crippen molar-refractivity contribution in [3.63, 3.8) is 0 Å². The summed E-state index contributed by atoms with van der Waals surface area (Å²) in [5.41, 5.74) is 4.49. The first-order chi connectivity index (χ1) is 8.33. The van der Waals surface area contributed by atoms with Crippen molar-refractivity contribution in [2.75, 3.05) is 0 Å². The van der Waals surface area contributed by atoms with Crippen LogP contribution < -0.4 is 0 Å². The van der Waals surface area contributed by atoms with Gasteiger partial charge in [0.25, 0.3) is 0 Å². The third kappa shape index (κ3) is 2.52. The van der Waals surface area contributed by atoms with Crippen LogP contribution in [0.2, 0.25) is 5.02 Å². The van der Waals surface area contributed by atoms with Crippen LogP contribution in [0, 0.1) is 5.92 Å². The van der Waals surface area contributed by atoms with Gasteiger partial charge in [-0.25, -0.2) is 0 Å². The third-order valence-electron chi connectivity index (χ3n) is 4.49. The number of hydrogen-bond donors (Lipinski definition) is 0. The number of aryl methyl sites for hydroxylation is 2. The van der Waals surface area contributed by atoms with Crippen molar-refractivity contribution in [3.05, 3.63) is 33.8 Å². The largest absolute Gasteiger partial charge is 0.0840 e. The summed E-state index contributed by atoms with van der Waals surface area (Å²) in [6.45, 7) is 0. The van der Waals surface area contributed by atoms with Crippen molar-refractivity contribution >= 4 is 11.6 Å². The highest BCUT2D eigenvalue weighted by atomic mass is 35.5. The molecule has 1 aromatic rings. The Bertz CT molecular complexity index is 402. The van der Waals surface area contributed by atoms with Crippen LogP contribution in [0.4, 0.5) is 0 Å². The highest BCUT2D eigenvalue weighted by Crippen LogP contribution is 2.33. The van der Waals surface area contributed by atoms with Gasteiger partial charge in [-0.05, 0) is 54.4 Å². The van der Waals surface area contributed by atoms with E-state index in [9.17, 15) is 0 Å². The van der Waals surface area contributed by atoms with Gasteiger partial charge in [0.05, 0.1) is 0 Å². The third-order valence-corrected chi connectivity index (χ3v) is 4.85. The van der Waals surface area contributed by atoms with E-state index in [1.54, 1.807) is 5.56 Å². The van der Waals surface area contributed by atoms with E-state index < -0.39 is 0 Å². The van der Waals surface area contributed by atoms with Crippen LogP contribution in [0.25, 0.3) is 0 Å². The van der Waals surface area contributed by atoms with Crippen molar-refractivity contribution in [2.45, 2.75) is 57.8 Å². The topological polar surface area (TPSA) is 0 Å². The van der Waals surface area contributed by atoms with Crippen LogP contribution >= 0.6 is 11.6 Å². The lowest BCUT2D eigenvalue weighted by molar-refractivity contribution is 0.356. The Morgan fingerprint density at radius 3 is 2.41 bits per heavy atom. The first-order valence-corrected chi connectivity index (χ1v) is 7.51. The molecular weight excluding hydrogens is 228 g/mol. The average Bonchev–Trinajstić information content (AvgIpc) is 2.78. The number of fused-ring (bicyclic) bond motifs is 1. The zero-order valence-corrected chi connectivity index (χ0v) is 11.2. The van der Waals surface area contributed by atoms with Crippen molar-refractivity contribution in [1.29, 1.82) is 0 Å². The Hall–Kier alpha value is -0.490. The van der Waals surface area contributed by atoms with E-state index in [0.29, 0.717) is 0 Å². The standard InChI is InChI=1S/C16H21Cl/c17-16-11-14-8-4-7-13(14)10-15(16)9-12-5-2-1-3-6-12/h10-12H,1-9H2. The molecule has 1 saturated carbocycles. The zero-order chi connectivity index (χ0) is 11.7. The fraction of sp³-hybridized carbons (Fsp3) is 0.625. The molecular formula is C16H21Cl. The molecule has 0 amide bonds. The van der Waals surface area contributed by atoms with Gasteiger partial charge in [0.15, 0.2) is 0 Å². The maximum Gasteiger partial charge on any atom is 0.0441 e. The number of benzene rings is 1. The molecule has 0 spiro atoms. The minimum atomic E-state index is 0.890. The smallest absolute Gasteiger partial charge is 0.0441 e. The summed E-state index contributed by atoms with van der Waals surface area (Å²) in [7, 11) is 0. The van der Waals surface area contributed by atoms with Gasteiger partial charge in [-0.3, -0.25) is 0 Å². The summed E-state index contributed by atoms with van der Waals surface area (Å²) < 4.78 is 0. The molecule has 3 rings (SSSR count). The van der Waals surface area contributed by atoms with E-state index in [4.69, 9.17) is 11.6 Å². The molecule has 0 N–H and O–H groups in total. The molecule has 1 heteroatoms. The SMILES string of the molecule is Clc1cc2c(cc1CC1CCCCC1)CCC2. The second-order valence-corrected chi connectivity index (χ2v) is 6.18. The van der Waals surface area contributed by atoms with Crippen molar-refractivity contribution in [1.82, 2.24) is 0 Å². The second-order valence-electron chi connectivity index (χ2n) is 5.77. The fourth-order valence-electron chi connectivity index (χ4n) is 3.50. The van der Waals surface area contributed by atoms with Crippen LogP contribution in [-0.2, 0) is 19.3 Å². The van der Waals surface area contributed by atoms with Gasteiger partial charge in [0.2, 0.25) is 0 Å². The van der Waals surface area contributed by atoms with Gasteiger partial charge in [0, 0.05) is 5.02 Å². The molecule has 17 heavy (non-hydrogen) atoms. The van der Waals surface area contributed by atoms with Crippen LogP contribution in [0.3, 0.4) is 0 Å². The molecule has 1 fully saturated rings. The number of rotatable bonds is 2. The van der Waals surface area contributed by atoms with E-state index in [1.165, 1.54) is 68.9 Å². The van der Waals surface area contributed by atoms with Crippen LogP contribution in [0.1, 0.15) is 55.2 Å². The molecule has 0 nitrogen and oxygen atoms in total. The normalized spacial score (nSPS) is 20.5. The van der Waals surface area contributed by atoms with E-state index >= 15 is 0 Å². The lowest BCUT2D eigenvalue weighted by atomic mass is 9.84. The molecule has 1 aromatic carbocycles. The van der Waals surface area contributed by atoms with Gasteiger partial charge in [-0.1, -0.05) is 49.8 Å². The molecule has 0 aliphatic heterocycles. The Kier molecular flexibility index (Phi) is 3.42. The van der Waals surface area contributed by atoms with E-state index in [1.807, 2.05) is 0 Å². The summed E-state index contributed by atoms with van der Waals surface area (Å²) in [6, 6.07) is 4.64. The summed E-state index contributed by atoms with van der Waals surface area (Å²) >= 11 is 6.43. The minimum Gasteiger partial charge on any atom is -0.0840 e. The fourth-order valence-corrected chi connectivity index (χ4v) is 3.77. The van der Waals surface area contributed by atoms with E-state index in [2.05, 4.69) is 12.1 Å². The molecule has 0 radical (unpaired) electrons. The van der Waals surface area contributed by atoms with Crippen LogP contribution in [0.5, 0.6) is 0 Å². The van der Waals surface area contributed by atoms with Crippen molar-refractivity contribution in [2.24, 2.45) is 5.92 Å². The predicted octanol–water partition coefficient (Wildman–Crippen LogP) is 4.95. The minimum absolute atomic E-state index is 0.890. The first-order valence-electron chi connectivity index (χ1n) is 7.13. The predicted molar refractivity (Wildman–Crippen MR) is 73.8 cm³/mol. The lowest BCUT2D eigenvalue weighted by Crippen LogP contribution is -2.09. The van der Waals surface area contributed by atoms with Gasteiger partial charge in [-0.2, -0.15) is 0 Å². The molecule has 0 bridgehead atoms. The van der Waals surface area contributed by atoms with Crippen molar-refractivity contribution < 1.29 is 0 Å². The monoisotopic (exact) mass is 248 g/mol.